The minimum Gasteiger partial charge on any atom is -0.383 e. The third-order valence-corrected chi connectivity index (χ3v) is 3.92. The van der Waals surface area contributed by atoms with Crippen LogP contribution in [0.25, 0.3) is 11.1 Å². The Hall–Kier alpha value is -2.24. The standard InChI is InChI=1S/C19H26N4O/c1-4-21-19-13-17(8-9-18(19)22-24)16-7-5-6-15(12-16)14-23(3)11-10-20-2/h5-9,12-13,20-21H,4,10-11,14H2,1-3H3. The number of hydrogen-bond donors (Lipinski definition) is 2. The first-order valence-corrected chi connectivity index (χ1v) is 8.31. The number of rotatable bonds is 9. The van der Waals surface area contributed by atoms with E-state index in [1.807, 2.05) is 26.1 Å². The van der Waals surface area contributed by atoms with E-state index >= 15 is 0 Å². The largest absolute Gasteiger partial charge is 0.383 e. The summed E-state index contributed by atoms with van der Waals surface area (Å²) < 4.78 is 0. The second kappa shape index (κ2) is 9.15. The Morgan fingerprint density at radius 2 is 1.92 bits per heavy atom. The van der Waals surface area contributed by atoms with Crippen LogP contribution in [0.1, 0.15) is 12.5 Å². The van der Waals surface area contributed by atoms with E-state index in [0.29, 0.717) is 5.69 Å². The van der Waals surface area contributed by atoms with Gasteiger partial charge in [0.1, 0.15) is 5.69 Å². The van der Waals surface area contributed by atoms with E-state index in [-0.39, 0.29) is 0 Å². The zero-order valence-electron chi connectivity index (χ0n) is 14.7. The molecule has 2 rings (SSSR count). The van der Waals surface area contributed by atoms with Crippen LogP contribution >= 0.6 is 0 Å². The predicted octanol–water partition coefficient (Wildman–Crippen LogP) is 3.83. The maximum absolute atomic E-state index is 10.9. The van der Waals surface area contributed by atoms with Gasteiger partial charge in [0.2, 0.25) is 0 Å². The molecule has 2 aromatic rings. The van der Waals surface area contributed by atoms with Crippen molar-refractivity contribution in [2.45, 2.75) is 13.5 Å². The SMILES string of the molecule is CCNc1cc(-c2cccc(CN(C)CCNC)c2)ccc1N=O. The van der Waals surface area contributed by atoms with E-state index in [4.69, 9.17) is 0 Å². The summed E-state index contributed by atoms with van der Waals surface area (Å²) in [4.78, 5) is 13.2. The summed E-state index contributed by atoms with van der Waals surface area (Å²) in [5, 5.41) is 9.45. The fraction of sp³-hybridized carbons (Fsp3) is 0.368. The molecular weight excluding hydrogens is 300 g/mol. The topological polar surface area (TPSA) is 56.7 Å². The number of nitrogens with one attached hydrogen (secondary N) is 2. The molecule has 128 valence electrons. The van der Waals surface area contributed by atoms with Crippen LogP contribution in [0.3, 0.4) is 0 Å². The quantitative estimate of drug-likeness (QED) is 0.688. The first kappa shape index (κ1) is 18.1. The number of hydrogen-bond acceptors (Lipinski definition) is 5. The molecule has 0 spiro atoms. The fourth-order valence-corrected chi connectivity index (χ4v) is 2.67. The molecule has 0 radical (unpaired) electrons. The summed E-state index contributed by atoms with van der Waals surface area (Å²) >= 11 is 0. The number of likely N-dealkylation sites (N-methyl/N-ethyl adjacent to an activating group) is 2. The van der Waals surface area contributed by atoms with Crippen molar-refractivity contribution in [3.8, 4) is 11.1 Å². The zero-order valence-corrected chi connectivity index (χ0v) is 14.7. The van der Waals surface area contributed by atoms with Crippen LogP contribution in [0.2, 0.25) is 0 Å². The Labute approximate surface area is 144 Å². The Morgan fingerprint density at radius 3 is 2.62 bits per heavy atom. The fourth-order valence-electron chi connectivity index (χ4n) is 2.67. The highest BCUT2D eigenvalue weighted by atomic mass is 16.3. The van der Waals surface area contributed by atoms with Gasteiger partial charge in [0.15, 0.2) is 0 Å². The van der Waals surface area contributed by atoms with Crippen molar-refractivity contribution in [2.75, 3.05) is 39.0 Å². The van der Waals surface area contributed by atoms with E-state index in [1.165, 1.54) is 5.56 Å². The Bertz CT molecular complexity index is 672. The van der Waals surface area contributed by atoms with Crippen molar-refractivity contribution < 1.29 is 0 Å². The van der Waals surface area contributed by atoms with E-state index in [0.717, 1.165) is 43.0 Å². The molecule has 0 aliphatic rings. The molecule has 0 aliphatic carbocycles. The molecule has 5 heteroatoms. The zero-order chi connectivity index (χ0) is 17.4. The van der Waals surface area contributed by atoms with Crippen molar-refractivity contribution in [1.29, 1.82) is 0 Å². The minimum absolute atomic E-state index is 0.448. The van der Waals surface area contributed by atoms with E-state index < -0.39 is 0 Å². The van der Waals surface area contributed by atoms with Gasteiger partial charge in [-0.15, -0.1) is 4.91 Å². The lowest BCUT2D eigenvalue weighted by Gasteiger charge is -2.17. The van der Waals surface area contributed by atoms with Gasteiger partial charge in [-0.25, -0.2) is 0 Å². The van der Waals surface area contributed by atoms with Crippen LogP contribution in [0.4, 0.5) is 11.4 Å². The molecule has 0 heterocycles. The summed E-state index contributed by atoms with van der Waals surface area (Å²) in [5.74, 6) is 0. The second-order valence-corrected chi connectivity index (χ2v) is 5.90. The van der Waals surface area contributed by atoms with Gasteiger partial charge in [-0.3, -0.25) is 0 Å². The molecule has 2 aromatic carbocycles. The molecule has 0 aromatic heterocycles. The number of benzene rings is 2. The van der Waals surface area contributed by atoms with Gasteiger partial charge in [-0.1, -0.05) is 24.3 Å². The summed E-state index contributed by atoms with van der Waals surface area (Å²) in [7, 11) is 4.09. The number of anilines is 1. The van der Waals surface area contributed by atoms with Gasteiger partial charge >= 0.3 is 0 Å². The first-order valence-electron chi connectivity index (χ1n) is 8.31. The predicted molar refractivity (Wildman–Crippen MR) is 102 cm³/mol. The molecule has 0 saturated carbocycles. The van der Waals surface area contributed by atoms with Crippen LogP contribution in [0.15, 0.2) is 47.6 Å². The smallest absolute Gasteiger partial charge is 0.131 e. The minimum atomic E-state index is 0.448. The van der Waals surface area contributed by atoms with E-state index in [2.05, 4.69) is 52.0 Å². The van der Waals surface area contributed by atoms with Gasteiger partial charge < -0.3 is 15.5 Å². The van der Waals surface area contributed by atoms with Crippen LogP contribution < -0.4 is 10.6 Å². The van der Waals surface area contributed by atoms with Gasteiger partial charge in [-0.05, 0) is 61.1 Å². The third kappa shape index (κ3) is 4.88. The maximum atomic E-state index is 10.9. The average molecular weight is 326 g/mol. The van der Waals surface area contributed by atoms with Crippen molar-refractivity contribution in [3.63, 3.8) is 0 Å². The molecule has 5 nitrogen and oxygen atoms in total. The Morgan fingerprint density at radius 1 is 1.12 bits per heavy atom. The summed E-state index contributed by atoms with van der Waals surface area (Å²) in [6.45, 7) is 5.64. The first-order chi connectivity index (χ1) is 11.7. The van der Waals surface area contributed by atoms with Crippen LogP contribution in [0.5, 0.6) is 0 Å². The van der Waals surface area contributed by atoms with Crippen LogP contribution in [-0.2, 0) is 6.54 Å². The number of nitrogens with zero attached hydrogens (tertiary/aromatic N) is 2. The van der Waals surface area contributed by atoms with Gasteiger partial charge in [0.05, 0.1) is 5.69 Å². The molecule has 0 bridgehead atoms. The van der Waals surface area contributed by atoms with Gasteiger partial charge in [-0.2, -0.15) is 0 Å². The van der Waals surface area contributed by atoms with Gasteiger partial charge in [0, 0.05) is 26.2 Å². The molecule has 24 heavy (non-hydrogen) atoms. The molecule has 0 saturated heterocycles. The second-order valence-electron chi connectivity index (χ2n) is 5.90. The molecule has 0 unspecified atom stereocenters. The monoisotopic (exact) mass is 326 g/mol. The highest BCUT2D eigenvalue weighted by Crippen LogP contribution is 2.31. The highest BCUT2D eigenvalue weighted by Gasteiger charge is 2.07. The third-order valence-electron chi connectivity index (χ3n) is 3.92. The Balaban J connectivity index is 2.21. The lowest BCUT2D eigenvalue weighted by atomic mass is 10.0. The summed E-state index contributed by atoms with van der Waals surface area (Å²) in [6.07, 6.45) is 0. The van der Waals surface area contributed by atoms with Crippen LogP contribution in [-0.4, -0.2) is 38.6 Å². The highest BCUT2D eigenvalue weighted by molar-refractivity contribution is 5.76. The maximum Gasteiger partial charge on any atom is 0.131 e. The molecule has 2 N–H and O–H groups in total. The van der Waals surface area contributed by atoms with Gasteiger partial charge in [0.25, 0.3) is 0 Å². The van der Waals surface area contributed by atoms with Crippen molar-refractivity contribution >= 4 is 11.4 Å². The number of nitroso groups, excluding NO2 is 1. The van der Waals surface area contributed by atoms with E-state index in [9.17, 15) is 4.91 Å². The summed E-state index contributed by atoms with van der Waals surface area (Å²) in [5.41, 5.74) is 4.72. The molecular formula is C19H26N4O. The van der Waals surface area contributed by atoms with Crippen LogP contribution in [0, 0.1) is 4.91 Å². The van der Waals surface area contributed by atoms with Crippen molar-refractivity contribution in [3.05, 3.63) is 52.9 Å². The molecule has 0 atom stereocenters. The Kier molecular flexibility index (Phi) is 6.90. The lowest BCUT2D eigenvalue weighted by Crippen LogP contribution is -2.26. The lowest BCUT2D eigenvalue weighted by molar-refractivity contribution is 0.328. The van der Waals surface area contributed by atoms with Crippen molar-refractivity contribution in [1.82, 2.24) is 10.2 Å². The molecule has 0 aliphatic heterocycles. The average Bonchev–Trinajstić information content (AvgIpc) is 2.60. The van der Waals surface area contributed by atoms with E-state index in [1.54, 1.807) is 6.07 Å². The summed E-state index contributed by atoms with van der Waals surface area (Å²) in [6, 6.07) is 14.2. The van der Waals surface area contributed by atoms with Crippen molar-refractivity contribution in [2.24, 2.45) is 5.18 Å². The molecule has 0 amide bonds. The molecule has 0 fully saturated rings. The normalized spacial score (nSPS) is 10.8.